The van der Waals surface area contributed by atoms with E-state index in [4.69, 9.17) is 0 Å². The van der Waals surface area contributed by atoms with Gasteiger partial charge in [0.1, 0.15) is 0 Å². The van der Waals surface area contributed by atoms with Gasteiger partial charge in [-0.1, -0.05) is 18.2 Å². The molecular formula is C20H19N3O3S. The van der Waals surface area contributed by atoms with Crippen molar-refractivity contribution >= 4 is 28.1 Å². The van der Waals surface area contributed by atoms with Crippen molar-refractivity contribution in [3.8, 4) is 11.3 Å². The maximum Gasteiger partial charge on any atom is 0.273 e. The molecule has 0 spiro atoms. The smallest absolute Gasteiger partial charge is 0.273 e. The maximum atomic E-state index is 12.6. The number of hydrogen-bond acceptors (Lipinski definition) is 5. The average molecular weight is 381 g/mol. The number of anilines is 1. The molecule has 3 rings (SSSR count). The first-order valence-electron chi connectivity index (χ1n) is 8.38. The summed E-state index contributed by atoms with van der Waals surface area (Å²) >= 11 is 1.38. The number of aryl methyl sites for hydroxylation is 3. The first kappa shape index (κ1) is 18.7. The van der Waals surface area contributed by atoms with Gasteiger partial charge in [0, 0.05) is 27.6 Å². The molecule has 0 saturated heterocycles. The minimum absolute atomic E-state index is 0.0752. The summed E-state index contributed by atoms with van der Waals surface area (Å²) in [6.45, 7) is 7.63. The summed E-state index contributed by atoms with van der Waals surface area (Å²) in [4.78, 5) is 28.7. The Morgan fingerprint density at radius 3 is 2.52 bits per heavy atom. The van der Waals surface area contributed by atoms with Crippen LogP contribution in [0, 0.1) is 37.8 Å². The quantitative estimate of drug-likeness (QED) is 0.497. The molecule has 1 amide bonds. The Hall–Kier alpha value is -3.06. The molecule has 138 valence electrons. The fraction of sp³-hybridized carbons (Fsp3) is 0.200. The van der Waals surface area contributed by atoms with Crippen LogP contribution >= 0.6 is 11.3 Å². The SMILES string of the molecule is Cc1ccc(-c2nc(NC(=O)c3cccc([N+](=O)[O-])c3C)sc2C)cc1C. The fourth-order valence-electron chi connectivity index (χ4n) is 2.84. The predicted molar refractivity (Wildman–Crippen MR) is 108 cm³/mol. The third-order valence-corrected chi connectivity index (χ3v) is 5.43. The Labute approximate surface area is 161 Å². The molecule has 0 saturated carbocycles. The summed E-state index contributed by atoms with van der Waals surface area (Å²) in [7, 11) is 0. The zero-order valence-corrected chi connectivity index (χ0v) is 16.3. The molecular weight excluding hydrogens is 362 g/mol. The molecule has 0 bridgehead atoms. The summed E-state index contributed by atoms with van der Waals surface area (Å²) in [6, 6.07) is 10.6. The van der Waals surface area contributed by atoms with Gasteiger partial charge in [0.2, 0.25) is 0 Å². The second-order valence-corrected chi connectivity index (χ2v) is 7.59. The molecule has 27 heavy (non-hydrogen) atoms. The van der Waals surface area contributed by atoms with E-state index in [9.17, 15) is 14.9 Å². The molecule has 0 unspecified atom stereocenters. The Morgan fingerprint density at radius 1 is 1.11 bits per heavy atom. The molecule has 1 aromatic heterocycles. The van der Waals surface area contributed by atoms with Crippen molar-refractivity contribution in [2.24, 2.45) is 0 Å². The number of nitro benzene ring substituents is 1. The number of nitro groups is 1. The summed E-state index contributed by atoms with van der Waals surface area (Å²) < 4.78 is 0. The number of hydrogen-bond donors (Lipinski definition) is 1. The highest BCUT2D eigenvalue weighted by molar-refractivity contribution is 7.16. The van der Waals surface area contributed by atoms with E-state index in [-0.39, 0.29) is 11.3 Å². The topological polar surface area (TPSA) is 85.1 Å². The molecule has 6 nitrogen and oxygen atoms in total. The molecule has 0 fully saturated rings. The van der Waals surface area contributed by atoms with Crippen LogP contribution in [0.2, 0.25) is 0 Å². The Morgan fingerprint density at radius 2 is 1.85 bits per heavy atom. The Balaban J connectivity index is 1.89. The lowest BCUT2D eigenvalue weighted by atomic mass is 10.0. The van der Waals surface area contributed by atoms with Crippen molar-refractivity contribution in [2.75, 3.05) is 5.32 Å². The highest BCUT2D eigenvalue weighted by atomic mass is 32.1. The van der Waals surface area contributed by atoms with Gasteiger partial charge >= 0.3 is 0 Å². The lowest BCUT2D eigenvalue weighted by molar-refractivity contribution is -0.385. The number of amides is 1. The standard InChI is InChI=1S/C20H19N3O3S/c1-11-8-9-15(10-12(11)2)18-14(4)27-20(21-18)22-19(24)16-6-5-7-17(13(16)3)23(25)26/h5-10H,1-4H3,(H,21,22,24). The summed E-state index contributed by atoms with van der Waals surface area (Å²) in [5.74, 6) is -0.406. The second kappa shape index (κ2) is 7.28. The van der Waals surface area contributed by atoms with Gasteiger partial charge in [0.25, 0.3) is 11.6 Å². The van der Waals surface area contributed by atoms with Crippen molar-refractivity contribution in [2.45, 2.75) is 27.7 Å². The number of thiazole rings is 1. The van der Waals surface area contributed by atoms with Crippen molar-refractivity contribution < 1.29 is 9.72 Å². The number of rotatable bonds is 4. The molecule has 7 heteroatoms. The number of benzene rings is 2. The van der Waals surface area contributed by atoms with Gasteiger partial charge < -0.3 is 0 Å². The first-order chi connectivity index (χ1) is 12.8. The van der Waals surface area contributed by atoms with E-state index in [1.54, 1.807) is 13.0 Å². The third-order valence-electron chi connectivity index (χ3n) is 4.54. The number of aromatic nitrogens is 1. The fourth-order valence-corrected chi connectivity index (χ4v) is 3.67. The van der Waals surface area contributed by atoms with Crippen LogP contribution in [0.4, 0.5) is 10.8 Å². The van der Waals surface area contributed by atoms with Crippen LogP contribution in [0.3, 0.4) is 0 Å². The summed E-state index contributed by atoms with van der Waals surface area (Å²) in [5.41, 5.74) is 4.74. The van der Waals surface area contributed by atoms with Crippen LogP contribution < -0.4 is 5.32 Å². The van der Waals surface area contributed by atoms with E-state index >= 15 is 0 Å². The van der Waals surface area contributed by atoms with Crippen molar-refractivity contribution in [3.63, 3.8) is 0 Å². The van der Waals surface area contributed by atoms with E-state index in [1.165, 1.54) is 34.6 Å². The van der Waals surface area contributed by atoms with Gasteiger partial charge in [-0.15, -0.1) is 11.3 Å². The highest BCUT2D eigenvalue weighted by Crippen LogP contribution is 2.32. The number of nitrogens with zero attached hydrogens (tertiary/aromatic N) is 2. The van der Waals surface area contributed by atoms with Crippen LogP contribution in [0.1, 0.15) is 31.9 Å². The molecule has 0 atom stereocenters. The Kier molecular flexibility index (Phi) is 5.05. The zero-order valence-electron chi connectivity index (χ0n) is 15.5. The lowest BCUT2D eigenvalue weighted by Gasteiger charge is -2.06. The number of carbonyl (C=O) groups is 1. The summed E-state index contributed by atoms with van der Waals surface area (Å²) in [6.07, 6.45) is 0. The largest absolute Gasteiger partial charge is 0.298 e. The van der Waals surface area contributed by atoms with Crippen LogP contribution in [0.15, 0.2) is 36.4 Å². The second-order valence-electron chi connectivity index (χ2n) is 6.38. The van der Waals surface area contributed by atoms with Gasteiger partial charge in [-0.2, -0.15) is 0 Å². The maximum absolute atomic E-state index is 12.6. The van der Waals surface area contributed by atoms with Gasteiger partial charge in [-0.3, -0.25) is 20.2 Å². The molecule has 1 N–H and O–H groups in total. The minimum atomic E-state index is -0.489. The third kappa shape index (κ3) is 3.73. The number of nitrogens with one attached hydrogen (secondary N) is 1. The molecule has 3 aromatic rings. The molecule has 2 aromatic carbocycles. The van der Waals surface area contributed by atoms with Crippen molar-refractivity contribution in [1.82, 2.24) is 4.98 Å². The Bertz CT molecular complexity index is 1060. The zero-order chi connectivity index (χ0) is 19.7. The molecule has 0 aliphatic heterocycles. The van der Waals surface area contributed by atoms with Crippen LogP contribution in [-0.2, 0) is 0 Å². The summed E-state index contributed by atoms with van der Waals surface area (Å²) in [5, 5.41) is 14.3. The van der Waals surface area contributed by atoms with Crippen LogP contribution in [0.25, 0.3) is 11.3 Å². The normalized spacial score (nSPS) is 10.7. The molecule has 0 aliphatic carbocycles. The monoisotopic (exact) mass is 381 g/mol. The van der Waals surface area contributed by atoms with Gasteiger partial charge in [-0.05, 0) is 51.0 Å². The molecule has 0 aliphatic rings. The van der Waals surface area contributed by atoms with Crippen LogP contribution in [0.5, 0.6) is 0 Å². The number of carbonyl (C=O) groups excluding carboxylic acids is 1. The minimum Gasteiger partial charge on any atom is -0.298 e. The lowest BCUT2D eigenvalue weighted by Crippen LogP contribution is -2.14. The van der Waals surface area contributed by atoms with Crippen LogP contribution in [-0.4, -0.2) is 15.8 Å². The van der Waals surface area contributed by atoms with Crippen molar-refractivity contribution in [1.29, 1.82) is 0 Å². The van der Waals surface area contributed by atoms with Crippen molar-refractivity contribution in [3.05, 3.63) is 73.6 Å². The van der Waals surface area contributed by atoms with Gasteiger partial charge in [0.15, 0.2) is 5.13 Å². The average Bonchev–Trinajstić information content (AvgIpc) is 2.97. The molecule has 0 radical (unpaired) electrons. The van der Waals surface area contributed by atoms with Gasteiger partial charge in [-0.25, -0.2) is 4.98 Å². The first-order valence-corrected chi connectivity index (χ1v) is 9.20. The molecule has 1 heterocycles. The van der Waals surface area contributed by atoms with E-state index in [1.807, 2.05) is 26.0 Å². The van der Waals surface area contributed by atoms with Gasteiger partial charge in [0.05, 0.1) is 10.6 Å². The highest BCUT2D eigenvalue weighted by Gasteiger charge is 2.19. The van der Waals surface area contributed by atoms with E-state index in [0.717, 1.165) is 16.1 Å². The predicted octanol–water partition coefficient (Wildman–Crippen LogP) is 5.20. The van der Waals surface area contributed by atoms with E-state index in [0.29, 0.717) is 10.7 Å². The van der Waals surface area contributed by atoms with E-state index < -0.39 is 10.8 Å². The van der Waals surface area contributed by atoms with E-state index in [2.05, 4.69) is 23.3 Å².